The molecule has 0 radical (unpaired) electrons. The lowest BCUT2D eigenvalue weighted by molar-refractivity contribution is 1.28. The van der Waals surface area contributed by atoms with E-state index in [1.807, 2.05) is 20.0 Å². The third-order valence-corrected chi connectivity index (χ3v) is 2.80. The molecule has 2 rings (SSSR count). The highest BCUT2D eigenvalue weighted by Gasteiger charge is 2.11. The van der Waals surface area contributed by atoms with E-state index in [1.165, 1.54) is 5.56 Å². The molecule has 0 unspecified atom stereocenters. The topological polar surface area (TPSA) is 54.7 Å². The quantitative estimate of drug-likeness (QED) is 0.697. The minimum atomic E-state index is 0.866. The van der Waals surface area contributed by atoms with Gasteiger partial charge in [0.25, 0.3) is 0 Å². The van der Waals surface area contributed by atoms with Gasteiger partial charge in [-0.1, -0.05) is 6.07 Å². The van der Waals surface area contributed by atoms with Gasteiger partial charge in [-0.05, 0) is 37.5 Å². The third-order valence-electron chi connectivity index (χ3n) is 2.80. The molecule has 1 heterocycles. The van der Waals surface area contributed by atoms with E-state index < -0.39 is 0 Å². The van der Waals surface area contributed by atoms with Crippen molar-refractivity contribution < 1.29 is 0 Å². The van der Waals surface area contributed by atoms with Crippen molar-refractivity contribution in [3.05, 3.63) is 35.3 Å². The SMILES string of the molecule is Cc1cc(C)c(-c2cnc[nH]2)c(C)c1N. The normalized spacial score (nSPS) is 10.6. The van der Waals surface area contributed by atoms with Crippen LogP contribution in [-0.2, 0) is 0 Å². The average molecular weight is 201 g/mol. The van der Waals surface area contributed by atoms with Gasteiger partial charge in [-0.3, -0.25) is 0 Å². The molecule has 0 amide bonds. The van der Waals surface area contributed by atoms with E-state index in [-0.39, 0.29) is 0 Å². The van der Waals surface area contributed by atoms with Crippen LogP contribution >= 0.6 is 0 Å². The molecule has 1 aromatic carbocycles. The Hall–Kier alpha value is -1.77. The smallest absolute Gasteiger partial charge is 0.0924 e. The Morgan fingerprint density at radius 3 is 2.53 bits per heavy atom. The van der Waals surface area contributed by atoms with Gasteiger partial charge in [0.15, 0.2) is 0 Å². The monoisotopic (exact) mass is 201 g/mol. The van der Waals surface area contributed by atoms with Crippen LogP contribution in [0.3, 0.4) is 0 Å². The van der Waals surface area contributed by atoms with E-state index in [0.717, 1.165) is 28.1 Å². The van der Waals surface area contributed by atoms with Crippen molar-refractivity contribution in [1.82, 2.24) is 9.97 Å². The Kier molecular flexibility index (Phi) is 2.23. The van der Waals surface area contributed by atoms with Crippen LogP contribution in [0.1, 0.15) is 16.7 Å². The van der Waals surface area contributed by atoms with Crippen LogP contribution in [0, 0.1) is 20.8 Å². The van der Waals surface area contributed by atoms with Crippen LogP contribution < -0.4 is 5.73 Å². The fourth-order valence-electron chi connectivity index (χ4n) is 2.01. The molecule has 78 valence electrons. The zero-order valence-corrected chi connectivity index (χ0v) is 9.26. The fourth-order valence-corrected chi connectivity index (χ4v) is 2.01. The van der Waals surface area contributed by atoms with E-state index in [2.05, 4.69) is 23.0 Å². The van der Waals surface area contributed by atoms with E-state index >= 15 is 0 Å². The summed E-state index contributed by atoms with van der Waals surface area (Å²) in [5.74, 6) is 0. The molecule has 3 N–H and O–H groups in total. The summed E-state index contributed by atoms with van der Waals surface area (Å²) in [6.07, 6.45) is 3.51. The van der Waals surface area contributed by atoms with Gasteiger partial charge in [-0.25, -0.2) is 4.98 Å². The molecule has 0 spiro atoms. The van der Waals surface area contributed by atoms with Crippen LogP contribution in [0.15, 0.2) is 18.6 Å². The minimum Gasteiger partial charge on any atom is -0.398 e. The molecule has 3 nitrogen and oxygen atoms in total. The summed E-state index contributed by atoms with van der Waals surface area (Å²) < 4.78 is 0. The van der Waals surface area contributed by atoms with Crippen LogP contribution in [0.2, 0.25) is 0 Å². The summed E-state index contributed by atoms with van der Waals surface area (Å²) in [5, 5.41) is 0. The van der Waals surface area contributed by atoms with Gasteiger partial charge in [-0.2, -0.15) is 0 Å². The van der Waals surface area contributed by atoms with Gasteiger partial charge in [0.05, 0.1) is 18.2 Å². The second-order valence-corrected chi connectivity index (χ2v) is 3.89. The van der Waals surface area contributed by atoms with Gasteiger partial charge in [0.1, 0.15) is 0 Å². The molecule has 0 aliphatic heterocycles. The molecule has 0 aliphatic carbocycles. The molecular weight excluding hydrogens is 186 g/mol. The number of anilines is 1. The van der Waals surface area contributed by atoms with E-state index in [0.29, 0.717) is 0 Å². The number of rotatable bonds is 1. The number of H-pyrrole nitrogens is 1. The van der Waals surface area contributed by atoms with Crippen LogP contribution in [0.5, 0.6) is 0 Å². The number of aromatic amines is 1. The van der Waals surface area contributed by atoms with E-state index in [4.69, 9.17) is 5.73 Å². The molecule has 15 heavy (non-hydrogen) atoms. The molecule has 0 bridgehead atoms. The molecule has 3 heteroatoms. The summed E-state index contributed by atoms with van der Waals surface area (Å²) >= 11 is 0. The van der Waals surface area contributed by atoms with Gasteiger partial charge in [0, 0.05) is 11.3 Å². The largest absolute Gasteiger partial charge is 0.398 e. The molecule has 1 aromatic heterocycles. The van der Waals surface area contributed by atoms with Crippen molar-refractivity contribution >= 4 is 5.69 Å². The first kappa shape index (κ1) is 9.77. The Morgan fingerprint density at radius 1 is 1.20 bits per heavy atom. The van der Waals surface area contributed by atoms with E-state index in [1.54, 1.807) is 6.33 Å². The molecule has 0 fully saturated rings. The van der Waals surface area contributed by atoms with Crippen LogP contribution in [0.25, 0.3) is 11.3 Å². The van der Waals surface area contributed by atoms with Crippen molar-refractivity contribution in [2.45, 2.75) is 20.8 Å². The number of hydrogen-bond acceptors (Lipinski definition) is 2. The number of hydrogen-bond donors (Lipinski definition) is 2. The molecule has 0 saturated heterocycles. The van der Waals surface area contributed by atoms with Gasteiger partial charge >= 0.3 is 0 Å². The lowest BCUT2D eigenvalue weighted by Crippen LogP contribution is -1.98. The van der Waals surface area contributed by atoms with E-state index in [9.17, 15) is 0 Å². The molecular formula is C12H15N3. The first-order valence-corrected chi connectivity index (χ1v) is 4.96. The molecule has 2 aromatic rings. The second kappa shape index (κ2) is 3.42. The predicted molar refractivity (Wildman–Crippen MR) is 62.6 cm³/mol. The van der Waals surface area contributed by atoms with Crippen molar-refractivity contribution in [2.24, 2.45) is 0 Å². The van der Waals surface area contributed by atoms with Crippen molar-refractivity contribution in [2.75, 3.05) is 5.73 Å². The highest BCUT2D eigenvalue weighted by atomic mass is 14.9. The average Bonchev–Trinajstić information content (AvgIpc) is 2.68. The zero-order chi connectivity index (χ0) is 11.0. The van der Waals surface area contributed by atoms with Crippen molar-refractivity contribution in [1.29, 1.82) is 0 Å². The third kappa shape index (κ3) is 1.50. The number of aryl methyl sites for hydroxylation is 2. The summed E-state index contributed by atoms with van der Waals surface area (Å²) in [6, 6.07) is 2.11. The number of aromatic nitrogens is 2. The maximum atomic E-state index is 6.02. The number of benzene rings is 1. The molecule has 0 aliphatic rings. The lowest BCUT2D eigenvalue weighted by Gasteiger charge is -2.13. The highest BCUT2D eigenvalue weighted by molar-refractivity contribution is 5.75. The van der Waals surface area contributed by atoms with Crippen molar-refractivity contribution in [3.8, 4) is 11.3 Å². The first-order valence-electron chi connectivity index (χ1n) is 4.96. The van der Waals surface area contributed by atoms with Gasteiger partial charge in [-0.15, -0.1) is 0 Å². The number of imidazole rings is 1. The number of nitrogen functional groups attached to an aromatic ring is 1. The molecule has 0 saturated carbocycles. The van der Waals surface area contributed by atoms with Gasteiger partial charge < -0.3 is 10.7 Å². The Morgan fingerprint density at radius 2 is 1.93 bits per heavy atom. The van der Waals surface area contributed by atoms with Crippen molar-refractivity contribution in [3.63, 3.8) is 0 Å². The Labute approximate surface area is 89.4 Å². The Balaban J connectivity index is 2.72. The maximum Gasteiger partial charge on any atom is 0.0924 e. The predicted octanol–water partition coefficient (Wildman–Crippen LogP) is 2.58. The number of nitrogens with zero attached hydrogens (tertiary/aromatic N) is 1. The fraction of sp³-hybridized carbons (Fsp3) is 0.250. The first-order chi connectivity index (χ1) is 7.11. The lowest BCUT2D eigenvalue weighted by atomic mass is 9.96. The minimum absolute atomic E-state index is 0.866. The maximum absolute atomic E-state index is 6.02. The number of nitrogens with two attached hydrogens (primary N) is 1. The zero-order valence-electron chi connectivity index (χ0n) is 9.26. The summed E-state index contributed by atoms with van der Waals surface area (Å²) in [6.45, 7) is 6.17. The second-order valence-electron chi connectivity index (χ2n) is 3.89. The summed E-state index contributed by atoms with van der Waals surface area (Å²) in [4.78, 5) is 7.15. The molecule has 0 atom stereocenters. The standard InChI is InChI=1S/C12H15N3/c1-7-4-8(2)12(13)9(3)11(7)10-5-14-6-15-10/h4-6H,13H2,1-3H3,(H,14,15). The van der Waals surface area contributed by atoms with Gasteiger partial charge in [0.2, 0.25) is 0 Å². The summed E-state index contributed by atoms with van der Waals surface area (Å²) in [7, 11) is 0. The number of nitrogens with one attached hydrogen (secondary N) is 1. The Bertz CT molecular complexity index is 484. The van der Waals surface area contributed by atoms with Crippen LogP contribution in [-0.4, -0.2) is 9.97 Å². The highest BCUT2D eigenvalue weighted by Crippen LogP contribution is 2.31. The summed E-state index contributed by atoms with van der Waals surface area (Å²) in [5.41, 5.74) is 12.6. The van der Waals surface area contributed by atoms with Crippen LogP contribution in [0.4, 0.5) is 5.69 Å².